The minimum atomic E-state index is -0.441. The molecule has 0 aromatic rings. The molecule has 0 saturated heterocycles. The van der Waals surface area contributed by atoms with Crippen LogP contribution in [-0.2, 0) is 9.45 Å². The first-order valence-electron chi connectivity index (χ1n) is 15.5. The summed E-state index contributed by atoms with van der Waals surface area (Å²) in [5.41, 5.74) is 6.20. The van der Waals surface area contributed by atoms with Crippen LogP contribution in [-0.4, -0.2) is 37.8 Å². The van der Waals surface area contributed by atoms with Gasteiger partial charge in [-0.05, 0) is 56.3 Å². The molecule has 3 aliphatic rings. The summed E-state index contributed by atoms with van der Waals surface area (Å²) in [5.74, 6) is 1.64. The Morgan fingerprint density at radius 2 is 1.47 bits per heavy atom. The van der Waals surface area contributed by atoms with Crippen molar-refractivity contribution < 1.29 is 14.2 Å². The van der Waals surface area contributed by atoms with Crippen LogP contribution in [0.4, 0.5) is 4.79 Å². The van der Waals surface area contributed by atoms with Crippen LogP contribution in [0, 0.1) is 23.2 Å². The molecule has 1 amide bonds. The molecule has 0 heterocycles. The summed E-state index contributed by atoms with van der Waals surface area (Å²) in [4.78, 5) is 26.0. The van der Waals surface area contributed by atoms with Gasteiger partial charge < -0.3 is 15.7 Å². The van der Waals surface area contributed by atoms with Gasteiger partial charge in [-0.25, -0.2) is 0 Å². The van der Waals surface area contributed by atoms with E-state index in [9.17, 15) is 9.59 Å². The highest BCUT2D eigenvalue weighted by Crippen LogP contribution is 2.55. The van der Waals surface area contributed by atoms with E-state index in [2.05, 4.69) is 19.2 Å². The summed E-state index contributed by atoms with van der Waals surface area (Å²) >= 11 is 0. The van der Waals surface area contributed by atoms with Crippen LogP contribution in [0.5, 0.6) is 0 Å². The first-order chi connectivity index (χ1) is 17.4. The van der Waals surface area contributed by atoms with E-state index in [1.165, 1.54) is 104 Å². The zero-order valence-corrected chi connectivity index (χ0v) is 23.4. The Morgan fingerprint density at radius 3 is 2.11 bits per heavy atom. The first kappa shape index (κ1) is 29.7. The molecule has 5 nitrogen and oxygen atoms in total. The number of fused-ring (bicyclic) bond motifs is 2. The van der Waals surface area contributed by atoms with Crippen LogP contribution in [0.15, 0.2) is 0 Å². The lowest BCUT2D eigenvalue weighted by Crippen LogP contribution is -2.47. The van der Waals surface area contributed by atoms with Crippen molar-refractivity contribution in [1.82, 2.24) is 5.32 Å². The number of amides is 1. The highest BCUT2D eigenvalue weighted by atomic mass is 16.4. The van der Waals surface area contributed by atoms with Gasteiger partial charge in [0.1, 0.15) is 0 Å². The van der Waals surface area contributed by atoms with Gasteiger partial charge in [-0.1, -0.05) is 97.3 Å². The fourth-order valence-electron chi connectivity index (χ4n) is 7.39. The maximum atomic E-state index is 13.7. The molecule has 5 unspecified atom stereocenters. The average Bonchev–Trinajstić information content (AvgIpc) is 3.12. The summed E-state index contributed by atoms with van der Waals surface area (Å²) < 4.78 is 5.85. The van der Waals surface area contributed by atoms with Gasteiger partial charge in [-0.2, -0.15) is 0 Å². The molecule has 3 rings (SSSR count). The van der Waals surface area contributed by atoms with E-state index in [1.807, 2.05) is 0 Å². The predicted molar refractivity (Wildman–Crippen MR) is 149 cm³/mol. The highest BCUT2D eigenvalue weighted by Gasteiger charge is 2.54. The lowest BCUT2D eigenvalue weighted by Gasteiger charge is -2.37. The molecule has 0 aliphatic heterocycles. The third-order valence-corrected chi connectivity index (χ3v) is 9.99. The van der Waals surface area contributed by atoms with Gasteiger partial charge >= 0.3 is 7.48 Å². The van der Waals surface area contributed by atoms with Gasteiger partial charge in [-0.3, -0.25) is 9.59 Å². The second-order valence-electron chi connectivity index (χ2n) is 12.4. The number of Topliss-reactive ketones (excluding diaryl/α,β-unsaturated/α-hetero) is 1. The van der Waals surface area contributed by atoms with E-state index in [-0.39, 0.29) is 23.1 Å². The van der Waals surface area contributed by atoms with E-state index in [1.54, 1.807) is 0 Å². The Labute approximate surface area is 222 Å². The van der Waals surface area contributed by atoms with Crippen molar-refractivity contribution in [3.63, 3.8) is 0 Å². The summed E-state index contributed by atoms with van der Waals surface area (Å²) in [6.07, 6.45) is 22.7. The molecule has 0 spiro atoms. The molecule has 0 aromatic carbocycles. The second-order valence-corrected chi connectivity index (χ2v) is 12.4. The number of hydrogen-bond donors (Lipinski definition) is 2. The molecule has 205 valence electrons. The molecule has 36 heavy (non-hydrogen) atoms. The number of rotatable bonds is 9. The van der Waals surface area contributed by atoms with Crippen molar-refractivity contribution >= 4 is 19.1 Å². The molecule has 3 fully saturated rings. The summed E-state index contributed by atoms with van der Waals surface area (Å²) in [6.45, 7) is 5.06. The van der Waals surface area contributed by atoms with Crippen LogP contribution >= 0.6 is 0 Å². The maximum absolute atomic E-state index is 13.7. The molecule has 0 aromatic heterocycles. The highest BCUT2D eigenvalue weighted by molar-refractivity contribution is 6.68. The molecule has 3 saturated carbocycles. The lowest BCUT2D eigenvalue weighted by atomic mass is 9.66. The predicted octanol–water partition coefficient (Wildman–Crippen LogP) is 6.92. The molecule has 6 heteroatoms. The number of nitrogens with one attached hydrogen (secondary N) is 1. The van der Waals surface area contributed by atoms with Gasteiger partial charge in [0.05, 0.1) is 6.04 Å². The minimum absolute atomic E-state index is 0.162. The van der Waals surface area contributed by atoms with Gasteiger partial charge in [0, 0.05) is 18.1 Å². The van der Waals surface area contributed by atoms with E-state index in [0.717, 1.165) is 12.8 Å². The second kappa shape index (κ2) is 15.5. The first-order valence-corrected chi connectivity index (χ1v) is 15.5. The Hall–Kier alpha value is -0.875. The fraction of sp³-hybridized carbons (Fsp3) is 0.933. The van der Waals surface area contributed by atoms with E-state index < -0.39 is 6.04 Å². The van der Waals surface area contributed by atoms with Gasteiger partial charge in [0.2, 0.25) is 5.81 Å². The third-order valence-electron chi connectivity index (χ3n) is 9.99. The topological polar surface area (TPSA) is 81.4 Å². The SMILES string of the molecule is CC1C2CCCCCCCC(C2)C1(C)C(=O)C(N)CCCNC(=O)[B]OC1CCCCCCCCC1. The normalized spacial score (nSPS) is 31.8. The standard InChI is InChI=1S/C30H54BN2O3/c1-23-24-16-11-7-6-8-12-17-25(22-24)30(23,2)28(34)27(32)20-15-21-33-29(35)31-36-26-18-13-9-4-3-5-10-14-19-26/h23-27H,3-22,32H2,1-2H3,(H,33,35). The number of ketones is 1. The van der Waals surface area contributed by atoms with Crippen molar-refractivity contribution in [2.75, 3.05) is 6.54 Å². The number of hydrogen-bond acceptors (Lipinski definition) is 4. The van der Waals surface area contributed by atoms with Crippen LogP contribution in [0.3, 0.4) is 0 Å². The van der Waals surface area contributed by atoms with Crippen molar-refractivity contribution in [3.8, 4) is 0 Å². The molecule has 3 aliphatic carbocycles. The van der Waals surface area contributed by atoms with Crippen LogP contribution in [0.1, 0.15) is 136 Å². The molecule has 5 atom stereocenters. The molecule has 1 radical (unpaired) electrons. The Morgan fingerprint density at radius 1 is 0.917 bits per heavy atom. The Balaban J connectivity index is 1.38. The summed E-state index contributed by atoms with van der Waals surface area (Å²) in [7, 11) is 1.38. The van der Waals surface area contributed by atoms with Crippen molar-refractivity contribution in [3.05, 3.63) is 0 Å². The zero-order valence-electron chi connectivity index (χ0n) is 23.4. The maximum Gasteiger partial charge on any atom is 0.407 e. The van der Waals surface area contributed by atoms with Gasteiger partial charge in [0.25, 0.3) is 0 Å². The average molecular weight is 502 g/mol. The van der Waals surface area contributed by atoms with Gasteiger partial charge in [0.15, 0.2) is 5.78 Å². The zero-order chi connectivity index (χ0) is 25.8. The van der Waals surface area contributed by atoms with Crippen LogP contribution in [0.25, 0.3) is 0 Å². The molecule has 3 N–H and O–H groups in total. The monoisotopic (exact) mass is 501 g/mol. The smallest absolute Gasteiger partial charge is 0.407 e. The Bertz CT molecular complexity index is 665. The van der Waals surface area contributed by atoms with E-state index >= 15 is 0 Å². The molecule has 2 bridgehead atoms. The molecular formula is C30H54BN2O3. The number of nitrogens with two attached hydrogens (primary N) is 1. The minimum Gasteiger partial charge on any atom is -0.427 e. The fourth-order valence-corrected chi connectivity index (χ4v) is 7.39. The Kier molecular flexibility index (Phi) is 12.8. The van der Waals surface area contributed by atoms with Crippen LogP contribution in [0.2, 0.25) is 0 Å². The van der Waals surface area contributed by atoms with Crippen molar-refractivity contribution in [1.29, 1.82) is 0 Å². The number of carbonyl (C=O) groups is 2. The van der Waals surface area contributed by atoms with Crippen LogP contribution < -0.4 is 11.1 Å². The third kappa shape index (κ3) is 8.58. The van der Waals surface area contributed by atoms with E-state index in [4.69, 9.17) is 10.4 Å². The largest absolute Gasteiger partial charge is 0.427 e. The number of carbonyl (C=O) groups excluding carboxylic acids is 2. The van der Waals surface area contributed by atoms with Crippen molar-refractivity contribution in [2.45, 2.75) is 148 Å². The lowest BCUT2D eigenvalue weighted by molar-refractivity contribution is -0.134. The quantitative estimate of drug-likeness (QED) is 0.265. The molecular weight excluding hydrogens is 447 g/mol. The van der Waals surface area contributed by atoms with E-state index in [0.29, 0.717) is 37.1 Å². The summed E-state index contributed by atoms with van der Waals surface area (Å²) in [5, 5.41) is 2.94. The summed E-state index contributed by atoms with van der Waals surface area (Å²) in [6, 6.07) is -0.441. The van der Waals surface area contributed by atoms with Crippen molar-refractivity contribution in [2.24, 2.45) is 28.9 Å². The van der Waals surface area contributed by atoms with Gasteiger partial charge in [-0.15, -0.1) is 0 Å².